The van der Waals surface area contributed by atoms with Crippen molar-refractivity contribution in [3.8, 4) is 17.2 Å². The Morgan fingerprint density at radius 2 is 1.94 bits per heavy atom. The lowest BCUT2D eigenvalue weighted by atomic mass is 10.2. The Labute approximate surface area is 188 Å². The molecule has 8 nitrogen and oxygen atoms in total. The molecular formula is C23H20N2O6S. The second-order valence-electron chi connectivity index (χ2n) is 6.81. The van der Waals surface area contributed by atoms with Gasteiger partial charge >= 0.3 is 0 Å². The third-order valence-corrected chi connectivity index (χ3v) is 5.47. The number of amides is 3. The quantitative estimate of drug-likeness (QED) is 0.506. The van der Waals surface area contributed by atoms with E-state index in [2.05, 4.69) is 11.9 Å². The van der Waals surface area contributed by atoms with E-state index in [-0.39, 0.29) is 4.91 Å². The Morgan fingerprint density at radius 3 is 2.75 bits per heavy atom. The molecule has 3 amide bonds. The fourth-order valence-electron chi connectivity index (χ4n) is 3.12. The second-order valence-corrected chi connectivity index (χ2v) is 7.81. The van der Waals surface area contributed by atoms with Crippen LogP contribution in [-0.4, -0.2) is 48.3 Å². The van der Waals surface area contributed by atoms with Crippen LogP contribution in [0.5, 0.6) is 17.2 Å². The molecule has 2 heterocycles. The van der Waals surface area contributed by atoms with Gasteiger partial charge in [0.05, 0.1) is 4.91 Å². The fraction of sp³-hybridized carbons (Fsp3) is 0.174. The van der Waals surface area contributed by atoms with Gasteiger partial charge in [-0.1, -0.05) is 30.9 Å². The Kier molecular flexibility index (Phi) is 6.46. The van der Waals surface area contributed by atoms with Crippen molar-refractivity contribution < 1.29 is 28.6 Å². The lowest BCUT2D eigenvalue weighted by Crippen LogP contribution is -2.36. The number of hydrogen-bond donors (Lipinski definition) is 1. The van der Waals surface area contributed by atoms with Crippen LogP contribution < -0.4 is 19.5 Å². The molecule has 2 aromatic carbocycles. The summed E-state index contributed by atoms with van der Waals surface area (Å²) in [5.41, 5.74) is 1.13. The van der Waals surface area contributed by atoms with E-state index in [0.29, 0.717) is 48.3 Å². The van der Waals surface area contributed by atoms with Crippen LogP contribution in [0, 0.1) is 0 Å². The van der Waals surface area contributed by atoms with Crippen LogP contribution in [-0.2, 0) is 9.59 Å². The van der Waals surface area contributed by atoms with Gasteiger partial charge in [-0.2, -0.15) is 0 Å². The lowest BCUT2D eigenvalue weighted by Gasteiger charge is -2.19. The van der Waals surface area contributed by atoms with Crippen molar-refractivity contribution in [2.75, 3.05) is 31.7 Å². The highest BCUT2D eigenvalue weighted by Gasteiger charge is 2.36. The molecule has 2 aliphatic rings. The number of rotatable bonds is 7. The Hall–Kier alpha value is -3.72. The number of nitrogens with one attached hydrogen (secondary N) is 1. The van der Waals surface area contributed by atoms with Crippen LogP contribution in [0.15, 0.2) is 60.0 Å². The largest absolute Gasteiger partial charge is 0.489 e. The van der Waals surface area contributed by atoms with Gasteiger partial charge in [0.1, 0.15) is 32.1 Å². The number of para-hydroxylation sites is 1. The number of fused-ring (bicyclic) bond motifs is 1. The van der Waals surface area contributed by atoms with Crippen LogP contribution in [0.2, 0.25) is 0 Å². The Morgan fingerprint density at radius 1 is 1.16 bits per heavy atom. The smallest absolute Gasteiger partial charge is 0.294 e. The molecule has 0 radical (unpaired) electrons. The lowest BCUT2D eigenvalue weighted by molar-refractivity contribution is -0.127. The number of nitrogens with zero attached hydrogens (tertiary/aromatic N) is 1. The molecule has 164 valence electrons. The molecule has 2 aliphatic heterocycles. The summed E-state index contributed by atoms with van der Waals surface area (Å²) in [5, 5.41) is 2.17. The first-order chi connectivity index (χ1) is 15.5. The zero-order chi connectivity index (χ0) is 22.5. The Balaban J connectivity index is 1.44. The summed E-state index contributed by atoms with van der Waals surface area (Å²) in [6.45, 7) is 4.43. The monoisotopic (exact) mass is 452 g/mol. The third kappa shape index (κ3) is 4.78. The maximum Gasteiger partial charge on any atom is 0.294 e. The summed E-state index contributed by atoms with van der Waals surface area (Å²) in [6.07, 6.45) is 3.20. The predicted octanol–water partition coefficient (Wildman–Crippen LogP) is 3.70. The molecule has 0 atom stereocenters. The van der Waals surface area contributed by atoms with Gasteiger partial charge in [-0.3, -0.25) is 19.3 Å². The minimum atomic E-state index is -0.532. The van der Waals surface area contributed by atoms with Crippen molar-refractivity contribution in [3.63, 3.8) is 0 Å². The van der Waals surface area contributed by atoms with E-state index in [1.807, 2.05) is 6.07 Å². The number of thioether (sulfide) groups is 1. The predicted molar refractivity (Wildman–Crippen MR) is 121 cm³/mol. The van der Waals surface area contributed by atoms with Crippen molar-refractivity contribution in [1.29, 1.82) is 0 Å². The van der Waals surface area contributed by atoms with E-state index in [0.717, 1.165) is 16.7 Å². The fourth-order valence-corrected chi connectivity index (χ4v) is 3.95. The number of hydrogen-bond acceptors (Lipinski definition) is 7. The molecule has 1 saturated heterocycles. The number of benzene rings is 2. The highest BCUT2D eigenvalue weighted by molar-refractivity contribution is 8.18. The van der Waals surface area contributed by atoms with E-state index >= 15 is 0 Å². The van der Waals surface area contributed by atoms with E-state index in [1.54, 1.807) is 48.6 Å². The van der Waals surface area contributed by atoms with Crippen molar-refractivity contribution in [2.45, 2.75) is 0 Å². The molecule has 4 rings (SSSR count). The number of carbonyl (C=O) groups is 3. The average Bonchev–Trinajstić information content (AvgIpc) is 3.05. The first-order valence-corrected chi connectivity index (χ1v) is 10.6. The van der Waals surface area contributed by atoms with Gasteiger partial charge in [0, 0.05) is 17.3 Å². The van der Waals surface area contributed by atoms with Gasteiger partial charge in [-0.15, -0.1) is 0 Å². The first-order valence-electron chi connectivity index (χ1n) is 9.83. The van der Waals surface area contributed by atoms with E-state index in [1.165, 1.54) is 0 Å². The molecule has 0 spiro atoms. The number of imide groups is 1. The third-order valence-electron chi connectivity index (χ3n) is 4.56. The highest BCUT2D eigenvalue weighted by atomic mass is 32.2. The summed E-state index contributed by atoms with van der Waals surface area (Å²) in [6, 6.07) is 12.2. The maximum absolute atomic E-state index is 12.8. The van der Waals surface area contributed by atoms with Crippen molar-refractivity contribution in [3.05, 3.63) is 65.6 Å². The second kappa shape index (κ2) is 9.61. The number of carbonyl (C=O) groups excluding carboxylic acids is 3. The standard InChI is InChI=1S/C23H20N2O6S/c1-2-9-29-17-6-4-3-5-15(17)12-20-22(27)25(23(28)32-20)14-21(26)24-16-7-8-18-19(13-16)31-11-10-30-18/h2-8,12-13H,1,9-11,14H2,(H,24,26)/b20-12-. The zero-order valence-corrected chi connectivity index (χ0v) is 17.9. The average molecular weight is 452 g/mol. The first kappa shape index (κ1) is 21.5. The molecule has 9 heteroatoms. The molecule has 0 bridgehead atoms. The van der Waals surface area contributed by atoms with Gasteiger partial charge in [-0.25, -0.2) is 0 Å². The maximum atomic E-state index is 12.8. The summed E-state index contributed by atoms with van der Waals surface area (Å²) < 4.78 is 16.5. The zero-order valence-electron chi connectivity index (χ0n) is 17.0. The van der Waals surface area contributed by atoms with Crippen LogP contribution in [0.1, 0.15) is 5.56 Å². The van der Waals surface area contributed by atoms with Crippen molar-refractivity contribution in [1.82, 2.24) is 4.90 Å². The molecule has 0 aromatic heterocycles. The van der Waals surface area contributed by atoms with E-state index < -0.39 is 23.6 Å². The minimum absolute atomic E-state index is 0.219. The van der Waals surface area contributed by atoms with E-state index in [9.17, 15) is 14.4 Å². The number of anilines is 1. The molecule has 0 unspecified atom stereocenters. The van der Waals surface area contributed by atoms with Crippen molar-refractivity contribution in [2.24, 2.45) is 0 Å². The topological polar surface area (TPSA) is 94.2 Å². The molecule has 32 heavy (non-hydrogen) atoms. The normalized spacial score (nSPS) is 16.2. The van der Waals surface area contributed by atoms with Crippen LogP contribution in [0.25, 0.3) is 6.08 Å². The molecular weight excluding hydrogens is 432 g/mol. The molecule has 1 N–H and O–H groups in total. The van der Waals surface area contributed by atoms with Crippen LogP contribution in [0.4, 0.5) is 10.5 Å². The molecule has 2 aromatic rings. The van der Waals surface area contributed by atoms with Gasteiger partial charge in [0.15, 0.2) is 11.5 Å². The van der Waals surface area contributed by atoms with Crippen LogP contribution in [0.3, 0.4) is 0 Å². The van der Waals surface area contributed by atoms with Gasteiger partial charge < -0.3 is 19.5 Å². The van der Waals surface area contributed by atoms with Gasteiger partial charge in [0.2, 0.25) is 5.91 Å². The van der Waals surface area contributed by atoms with Crippen LogP contribution >= 0.6 is 11.8 Å². The summed E-state index contributed by atoms with van der Waals surface area (Å²) in [4.78, 5) is 38.8. The molecule has 1 fully saturated rings. The Bertz CT molecular complexity index is 1110. The summed E-state index contributed by atoms with van der Waals surface area (Å²) >= 11 is 0.782. The number of ether oxygens (including phenoxy) is 3. The van der Waals surface area contributed by atoms with Gasteiger partial charge in [0.25, 0.3) is 11.1 Å². The molecule has 0 aliphatic carbocycles. The summed E-state index contributed by atoms with van der Waals surface area (Å²) in [7, 11) is 0. The van der Waals surface area contributed by atoms with Crippen molar-refractivity contribution >= 4 is 40.6 Å². The summed E-state index contributed by atoms with van der Waals surface area (Å²) in [5.74, 6) is 0.662. The van der Waals surface area contributed by atoms with E-state index in [4.69, 9.17) is 14.2 Å². The highest BCUT2D eigenvalue weighted by Crippen LogP contribution is 2.35. The molecule has 0 saturated carbocycles. The minimum Gasteiger partial charge on any atom is -0.489 e. The SMILES string of the molecule is C=CCOc1ccccc1/C=C1\SC(=O)N(CC(=O)Nc2ccc3c(c2)OCCO3)C1=O. The van der Waals surface area contributed by atoms with Gasteiger partial charge in [-0.05, 0) is 36.0 Å².